The van der Waals surface area contributed by atoms with Gasteiger partial charge in [0, 0.05) is 11.8 Å². The van der Waals surface area contributed by atoms with E-state index >= 15 is 0 Å². The number of nitrogens with two attached hydrogens (primary N) is 1. The summed E-state index contributed by atoms with van der Waals surface area (Å²) in [6.45, 7) is 0. The molecule has 3 rings (SSSR count). The molecule has 2 aromatic heterocycles. The third-order valence-corrected chi connectivity index (χ3v) is 2.79. The summed E-state index contributed by atoms with van der Waals surface area (Å²) in [6, 6.07) is 9.48. The maximum absolute atomic E-state index is 5.70. The van der Waals surface area contributed by atoms with Crippen molar-refractivity contribution in [1.82, 2.24) is 14.6 Å². The fourth-order valence-electron chi connectivity index (χ4n) is 1.86. The van der Waals surface area contributed by atoms with Gasteiger partial charge in [0.05, 0.1) is 13.3 Å². The Kier molecular flexibility index (Phi) is 2.37. The quantitative estimate of drug-likeness (QED) is 0.744. The molecule has 5 heteroatoms. The lowest BCUT2D eigenvalue weighted by molar-refractivity contribution is 0.415. The first kappa shape index (κ1) is 10.6. The number of nitrogen functional groups attached to an aromatic ring is 1. The van der Waals surface area contributed by atoms with E-state index in [1.54, 1.807) is 30.1 Å². The third-order valence-electron chi connectivity index (χ3n) is 2.79. The van der Waals surface area contributed by atoms with Crippen molar-refractivity contribution < 1.29 is 4.74 Å². The lowest BCUT2D eigenvalue weighted by atomic mass is 10.1. The van der Waals surface area contributed by atoms with Gasteiger partial charge in [-0.2, -0.15) is 5.10 Å². The second kappa shape index (κ2) is 4.03. The Bertz CT molecular complexity index is 688. The molecule has 0 fully saturated rings. The van der Waals surface area contributed by atoms with E-state index in [1.165, 1.54) is 0 Å². The van der Waals surface area contributed by atoms with E-state index in [-0.39, 0.29) is 0 Å². The summed E-state index contributed by atoms with van der Waals surface area (Å²) in [5, 5.41) is 4.25. The van der Waals surface area contributed by atoms with Crippen LogP contribution in [0.1, 0.15) is 0 Å². The van der Waals surface area contributed by atoms with Crippen molar-refractivity contribution in [3.05, 3.63) is 42.7 Å². The van der Waals surface area contributed by atoms with Gasteiger partial charge in [-0.05, 0) is 23.8 Å². The van der Waals surface area contributed by atoms with Gasteiger partial charge in [0.15, 0.2) is 5.65 Å². The standard InChI is InChI=1S/C13H12N4O/c1-18-10-4-2-9(3-5-10)11-8-15-17-7-6-12(14)16-13(11)17/h2-8H,1H3,(H2,14,16). The summed E-state index contributed by atoms with van der Waals surface area (Å²) in [5.74, 6) is 1.31. The maximum Gasteiger partial charge on any atom is 0.165 e. The number of fused-ring (bicyclic) bond motifs is 1. The highest BCUT2D eigenvalue weighted by Crippen LogP contribution is 2.25. The lowest BCUT2D eigenvalue weighted by Gasteiger charge is -2.02. The number of anilines is 1. The molecule has 1 aromatic carbocycles. The van der Waals surface area contributed by atoms with Crippen LogP contribution in [0.25, 0.3) is 16.8 Å². The van der Waals surface area contributed by atoms with Gasteiger partial charge in [-0.3, -0.25) is 0 Å². The van der Waals surface area contributed by atoms with Gasteiger partial charge in [0.25, 0.3) is 0 Å². The van der Waals surface area contributed by atoms with Gasteiger partial charge in [0.2, 0.25) is 0 Å². The normalized spacial score (nSPS) is 10.7. The van der Waals surface area contributed by atoms with Crippen molar-refractivity contribution in [3.8, 4) is 16.9 Å². The number of hydrogen-bond donors (Lipinski definition) is 1. The number of ether oxygens (including phenoxy) is 1. The van der Waals surface area contributed by atoms with Crippen LogP contribution in [0.2, 0.25) is 0 Å². The molecule has 0 saturated heterocycles. The van der Waals surface area contributed by atoms with Crippen molar-refractivity contribution >= 4 is 11.5 Å². The maximum atomic E-state index is 5.70. The van der Waals surface area contributed by atoms with Gasteiger partial charge in [-0.15, -0.1) is 0 Å². The Hall–Kier alpha value is -2.56. The zero-order valence-electron chi connectivity index (χ0n) is 9.87. The van der Waals surface area contributed by atoms with E-state index in [2.05, 4.69) is 10.1 Å². The molecule has 0 amide bonds. The first-order valence-electron chi connectivity index (χ1n) is 5.52. The van der Waals surface area contributed by atoms with E-state index in [0.29, 0.717) is 5.82 Å². The second-order valence-electron chi connectivity index (χ2n) is 3.91. The zero-order valence-corrected chi connectivity index (χ0v) is 9.87. The van der Waals surface area contributed by atoms with E-state index in [1.807, 2.05) is 24.3 Å². The fourth-order valence-corrected chi connectivity index (χ4v) is 1.86. The van der Waals surface area contributed by atoms with Crippen molar-refractivity contribution in [2.75, 3.05) is 12.8 Å². The molecule has 5 nitrogen and oxygen atoms in total. The van der Waals surface area contributed by atoms with Crippen molar-refractivity contribution in [2.24, 2.45) is 0 Å². The minimum absolute atomic E-state index is 0.484. The summed E-state index contributed by atoms with van der Waals surface area (Å²) in [4.78, 5) is 4.30. The van der Waals surface area contributed by atoms with Crippen LogP contribution in [0.15, 0.2) is 42.7 Å². The smallest absolute Gasteiger partial charge is 0.165 e. The molecule has 3 aromatic rings. The molecule has 0 saturated carbocycles. The molecule has 0 unspecified atom stereocenters. The molecule has 18 heavy (non-hydrogen) atoms. The average molecular weight is 240 g/mol. The Morgan fingerprint density at radius 3 is 2.67 bits per heavy atom. The molecular weight excluding hydrogens is 228 g/mol. The van der Waals surface area contributed by atoms with Crippen molar-refractivity contribution in [2.45, 2.75) is 0 Å². The topological polar surface area (TPSA) is 65.4 Å². The molecule has 2 heterocycles. The van der Waals surface area contributed by atoms with E-state index in [4.69, 9.17) is 10.5 Å². The lowest BCUT2D eigenvalue weighted by Crippen LogP contribution is -1.95. The molecule has 0 aliphatic rings. The molecule has 0 aliphatic heterocycles. The molecule has 0 bridgehead atoms. The summed E-state index contributed by atoms with van der Waals surface area (Å²) in [6.07, 6.45) is 3.58. The van der Waals surface area contributed by atoms with Crippen LogP contribution in [0.4, 0.5) is 5.82 Å². The molecule has 90 valence electrons. The first-order valence-corrected chi connectivity index (χ1v) is 5.52. The second-order valence-corrected chi connectivity index (χ2v) is 3.91. The number of methoxy groups -OCH3 is 1. The van der Waals surface area contributed by atoms with E-state index in [0.717, 1.165) is 22.5 Å². The predicted molar refractivity (Wildman–Crippen MR) is 69.4 cm³/mol. The highest BCUT2D eigenvalue weighted by Gasteiger charge is 2.08. The van der Waals surface area contributed by atoms with Crippen molar-refractivity contribution in [3.63, 3.8) is 0 Å². The van der Waals surface area contributed by atoms with Crippen LogP contribution in [0, 0.1) is 0 Å². The zero-order chi connectivity index (χ0) is 12.5. The third kappa shape index (κ3) is 1.66. The van der Waals surface area contributed by atoms with Crippen LogP contribution in [-0.2, 0) is 0 Å². The largest absolute Gasteiger partial charge is 0.497 e. The highest BCUT2D eigenvalue weighted by molar-refractivity contribution is 5.77. The molecular formula is C13H12N4O. The average Bonchev–Trinajstić information content (AvgIpc) is 2.82. The van der Waals surface area contributed by atoms with Gasteiger partial charge in [0.1, 0.15) is 11.6 Å². The van der Waals surface area contributed by atoms with Crippen LogP contribution in [-0.4, -0.2) is 21.7 Å². The Morgan fingerprint density at radius 2 is 1.94 bits per heavy atom. The van der Waals surface area contributed by atoms with Crippen LogP contribution >= 0.6 is 0 Å². The Labute approximate surface area is 104 Å². The van der Waals surface area contributed by atoms with E-state index < -0.39 is 0 Å². The van der Waals surface area contributed by atoms with Crippen LogP contribution in [0.5, 0.6) is 5.75 Å². The number of benzene rings is 1. The van der Waals surface area contributed by atoms with Crippen LogP contribution < -0.4 is 10.5 Å². The molecule has 0 spiro atoms. The van der Waals surface area contributed by atoms with Crippen molar-refractivity contribution in [1.29, 1.82) is 0 Å². The Morgan fingerprint density at radius 1 is 1.17 bits per heavy atom. The minimum Gasteiger partial charge on any atom is -0.497 e. The fraction of sp³-hybridized carbons (Fsp3) is 0.0769. The molecule has 2 N–H and O–H groups in total. The van der Waals surface area contributed by atoms with Gasteiger partial charge in [-0.1, -0.05) is 12.1 Å². The molecule has 0 radical (unpaired) electrons. The Balaban J connectivity index is 2.15. The summed E-state index contributed by atoms with van der Waals surface area (Å²) >= 11 is 0. The predicted octanol–water partition coefficient (Wildman–Crippen LogP) is 1.99. The summed E-state index contributed by atoms with van der Waals surface area (Å²) < 4.78 is 6.84. The van der Waals surface area contributed by atoms with Gasteiger partial charge < -0.3 is 10.5 Å². The number of hydrogen-bond acceptors (Lipinski definition) is 4. The highest BCUT2D eigenvalue weighted by atomic mass is 16.5. The minimum atomic E-state index is 0.484. The van der Waals surface area contributed by atoms with Gasteiger partial charge in [-0.25, -0.2) is 9.50 Å². The van der Waals surface area contributed by atoms with E-state index in [9.17, 15) is 0 Å². The summed E-state index contributed by atoms with van der Waals surface area (Å²) in [5.41, 5.74) is 8.43. The first-order chi connectivity index (χ1) is 8.78. The van der Waals surface area contributed by atoms with Crippen LogP contribution in [0.3, 0.4) is 0 Å². The number of rotatable bonds is 2. The molecule has 0 aliphatic carbocycles. The summed E-state index contributed by atoms with van der Waals surface area (Å²) in [7, 11) is 1.65. The number of aromatic nitrogens is 3. The number of nitrogens with zero attached hydrogens (tertiary/aromatic N) is 3. The van der Waals surface area contributed by atoms with Gasteiger partial charge >= 0.3 is 0 Å². The molecule has 0 atom stereocenters. The monoisotopic (exact) mass is 240 g/mol. The SMILES string of the molecule is COc1ccc(-c2cnn3ccc(N)nc23)cc1.